The van der Waals surface area contributed by atoms with E-state index in [0.29, 0.717) is 12.5 Å². The van der Waals surface area contributed by atoms with Gasteiger partial charge in [-0.2, -0.15) is 0 Å². The summed E-state index contributed by atoms with van der Waals surface area (Å²) in [5.41, 5.74) is 0. The van der Waals surface area contributed by atoms with Crippen LogP contribution < -0.4 is 10.6 Å². The molecule has 0 aliphatic carbocycles. The highest BCUT2D eigenvalue weighted by Gasteiger charge is 2.33. The Morgan fingerprint density at radius 3 is 2.83 bits per heavy atom. The molecular formula is C13H26ClN3O. The van der Waals surface area contributed by atoms with Crippen LogP contribution in [0.5, 0.6) is 0 Å². The third kappa shape index (κ3) is 4.41. The maximum Gasteiger partial charge on any atom is 0.234 e. The monoisotopic (exact) mass is 275 g/mol. The molecule has 2 aliphatic heterocycles. The molecule has 0 aromatic carbocycles. The normalized spacial score (nSPS) is 27.7. The molecule has 2 fully saturated rings. The topological polar surface area (TPSA) is 44.4 Å². The van der Waals surface area contributed by atoms with Crippen LogP contribution in [0.1, 0.15) is 20.3 Å². The van der Waals surface area contributed by atoms with E-state index in [9.17, 15) is 4.79 Å². The van der Waals surface area contributed by atoms with Crippen molar-refractivity contribution < 1.29 is 4.79 Å². The molecule has 2 saturated heterocycles. The fourth-order valence-electron chi connectivity index (χ4n) is 2.83. The Balaban J connectivity index is 0.00000162. The van der Waals surface area contributed by atoms with Crippen molar-refractivity contribution in [2.45, 2.75) is 20.3 Å². The van der Waals surface area contributed by atoms with Gasteiger partial charge in [0.25, 0.3) is 0 Å². The summed E-state index contributed by atoms with van der Waals surface area (Å²) >= 11 is 0. The van der Waals surface area contributed by atoms with E-state index in [4.69, 9.17) is 0 Å². The molecule has 1 amide bonds. The first kappa shape index (κ1) is 15.7. The molecule has 106 valence electrons. The number of hydrogen-bond acceptors (Lipinski definition) is 3. The van der Waals surface area contributed by atoms with Crippen molar-refractivity contribution in [1.82, 2.24) is 15.5 Å². The maximum absolute atomic E-state index is 11.7. The molecule has 0 aromatic heterocycles. The molecule has 0 radical (unpaired) electrons. The molecule has 18 heavy (non-hydrogen) atoms. The van der Waals surface area contributed by atoms with Crippen molar-refractivity contribution in [3.05, 3.63) is 0 Å². The van der Waals surface area contributed by atoms with E-state index in [0.717, 1.165) is 38.0 Å². The Morgan fingerprint density at radius 1 is 1.39 bits per heavy atom. The van der Waals surface area contributed by atoms with Gasteiger partial charge in [0.2, 0.25) is 5.91 Å². The van der Waals surface area contributed by atoms with Crippen molar-refractivity contribution in [2.75, 3.05) is 39.3 Å². The maximum atomic E-state index is 11.7. The lowest BCUT2D eigenvalue weighted by molar-refractivity contribution is -0.122. The molecule has 2 unspecified atom stereocenters. The molecule has 0 aromatic rings. The number of carbonyl (C=O) groups is 1. The van der Waals surface area contributed by atoms with Gasteiger partial charge in [0.1, 0.15) is 0 Å². The lowest BCUT2D eigenvalue weighted by Crippen LogP contribution is -2.45. The molecule has 0 spiro atoms. The van der Waals surface area contributed by atoms with E-state index in [1.54, 1.807) is 0 Å². The number of nitrogens with one attached hydrogen (secondary N) is 2. The SMILES string of the molecule is CC(C)CNC(=O)CN1CCC2CNCC2C1.Cl. The second kappa shape index (κ2) is 7.31. The highest BCUT2D eigenvalue weighted by atomic mass is 35.5. The summed E-state index contributed by atoms with van der Waals surface area (Å²) in [5.74, 6) is 2.33. The number of carbonyl (C=O) groups excluding carboxylic acids is 1. The number of piperidine rings is 1. The second-order valence-electron chi connectivity index (χ2n) is 5.90. The molecule has 5 heteroatoms. The Bertz CT molecular complexity index is 273. The zero-order valence-electron chi connectivity index (χ0n) is 11.4. The third-order valence-electron chi connectivity index (χ3n) is 3.86. The van der Waals surface area contributed by atoms with E-state index in [1.807, 2.05) is 0 Å². The minimum Gasteiger partial charge on any atom is -0.355 e. The van der Waals surface area contributed by atoms with Crippen LogP contribution in [0.15, 0.2) is 0 Å². The van der Waals surface area contributed by atoms with Crippen molar-refractivity contribution in [3.63, 3.8) is 0 Å². The molecule has 2 heterocycles. The first-order chi connectivity index (χ1) is 8.15. The fourth-order valence-corrected chi connectivity index (χ4v) is 2.83. The quantitative estimate of drug-likeness (QED) is 0.795. The average Bonchev–Trinajstić information content (AvgIpc) is 2.73. The standard InChI is InChI=1S/C13H25N3O.ClH/c1-10(2)5-15-13(17)9-16-4-3-11-6-14-7-12(11)8-16;/h10-12,14H,3-9H2,1-2H3,(H,15,17);1H. The van der Waals surface area contributed by atoms with Crippen LogP contribution in [0.4, 0.5) is 0 Å². The number of likely N-dealkylation sites (tertiary alicyclic amines) is 1. The van der Waals surface area contributed by atoms with E-state index >= 15 is 0 Å². The van der Waals surface area contributed by atoms with Crippen LogP contribution in [0.25, 0.3) is 0 Å². The lowest BCUT2D eigenvalue weighted by Gasteiger charge is -2.33. The van der Waals surface area contributed by atoms with Gasteiger partial charge in [-0.3, -0.25) is 9.69 Å². The van der Waals surface area contributed by atoms with E-state index in [2.05, 4.69) is 29.4 Å². The molecule has 2 rings (SSSR count). The minimum atomic E-state index is 0. The minimum absolute atomic E-state index is 0. The summed E-state index contributed by atoms with van der Waals surface area (Å²) in [6, 6.07) is 0. The predicted molar refractivity (Wildman–Crippen MR) is 76.0 cm³/mol. The van der Waals surface area contributed by atoms with Gasteiger partial charge in [0, 0.05) is 13.1 Å². The summed E-state index contributed by atoms with van der Waals surface area (Å²) < 4.78 is 0. The zero-order valence-corrected chi connectivity index (χ0v) is 12.3. The number of hydrogen-bond donors (Lipinski definition) is 2. The van der Waals surface area contributed by atoms with Crippen LogP contribution in [0.2, 0.25) is 0 Å². The van der Waals surface area contributed by atoms with Gasteiger partial charge in [0.05, 0.1) is 6.54 Å². The number of rotatable bonds is 4. The van der Waals surface area contributed by atoms with E-state index < -0.39 is 0 Å². The van der Waals surface area contributed by atoms with Gasteiger partial charge in [-0.1, -0.05) is 13.8 Å². The third-order valence-corrected chi connectivity index (χ3v) is 3.86. The Labute approximate surface area is 116 Å². The summed E-state index contributed by atoms with van der Waals surface area (Å²) in [6.07, 6.45) is 1.25. The lowest BCUT2D eigenvalue weighted by atomic mass is 9.89. The van der Waals surface area contributed by atoms with Crippen LogP contribution in [-0.2, 0) is 4.79 Å². The summed E-state index contributed by atoms with van der Waals surface area (Å²) in [4.78, 5) is 14.0. The molecule has 0 bridgehead atoms. The second-order valence-corrected chi connectivity index (χ2v) is 5.90. The first-order valence-corrected chi connectivity index (χ1v) is 6.85. The summed E-state index contributed by atoms with van der Waals surface area (Å²) in [6.45, 7) is 10.1. The number of amides is 1. The summed E-state index contributed by atoms with van der Waals surface area (Å²) in [5, 5.41) is 6.44. The first-order valence-electron chi connectivity index (χ1n) is 6.85. The molecular weight excluding hydrogens is 250 g/mol. The average molecular weight is 276 g/mol. The van der Waals surface area contributed by atoms with Crippen LogP contribution in [-0.4, -0.2) is 50.1 Å². The molecule has 4 nitrogen and oxygen atoms in total. The Hall–Kier alpha value is -0.320. The van der Waals surface area contributed by atoms with E-state index in [-0.39, 0.29) is 18.3 Å². The molecule has 0 saturated carbocycles. The smallest absolute Gasteiger partial charge is 0.234 e. The number of nitrogens with zero attached hydrogens (tertiary/aromatic N) is 1. The van der Waals surface area contributed by atoms with Crippen LogP contribution in [0.3, 0.4) is 0 Å². The Morgan fingerprint density at radius 2 is 2.11 bits per heavy atom. The molecule has 2 N–H and O–H groups in total. The van der Waals surface area contributed by atoms with E-state index in [1.165, 1.54) is 13.0 Å². The van der Waals surface area contributed by atoms with Crippen molar-refractivity contribution in [2.24, 2.45) is 17.8 Å². The van der Waals surface area contributed by atoms with Gasteiger partial charge >= 0.3 is 0 Å². The van der Waals surface area contributed by atoms with Gasteiger partial charge < -0.3 is 10.6 Å². The van der Waals surface area contributed by atoms with Gasteiger partial charge in [-0.15, -0.1) is 12.4 Å². The van der Waals surface area contributed by atoms with Crippen LogP contribution in [0, 0.1) is 17.8 Å². The number of fused-ring (bicyclic) bond motifs is 1. The van der Waals surface area contributed by atoms with Crippen molar-refractivity contribution in [3.8, 4) is 0 Å². The number of halogens is 1. The molecule has 2 atom stereocenters. The summed E-state index contributed by atoms with van der Waals surface area (Å²) in [7, 11) is 0. The molecule has 2 aliphatic rings. The zero-order chi connectivity index (χ0) is 12.3. The highest BCUT2D eigenvalue weighted by molar-refractivity contribution is 5.85. The largest absolute Gasteiger partial charge is 0.355 e. The predicted octanol–water partition coefficient (Wildman–Crippen LogP) is 0.722. The van der Waals surface area contributed by atoms with Crippen molar-refractivity contribution in [1.29, 1.82) is 0 Å². The van der Waals surface area contributed by atoms with Gasteiger partial charge in [-0.05, 0) is 43.8 Å². The fraction of sp³-hybridized carbons (Fsp3) is 0.923. The van der Waals surface area contributed by atoms with Gasteiger partial charge in [0.15, 0.2) is 0 Å². The highest BCUT2D eigenvalue weighted by Crippen LogP contribution is 2.25. The van der Waals surface area contributed by atoms with Gasteiger partial charge in [-0.25, -0.2) is 0 Å². The van der Waals surface area contributed by atoms with Crippen molar-refractivity contribution >= 4 is 18.3 Å². The Kier molecular flexibility index (Phi) is 6.39. The van der Waals surface area contributed by atoms with Crippen LogP contribution >= 0.6 is 12.4 Å².